The minimum absolute atomic E-state index is 0.855. The number of allylic oxidation sites excluding steroid dienone is 1. The van der Waals surface area contributed by atoms with Gasteiger partial charge >= 0.3 is 0 Å². The predicted octanol–water partition coefficient (Wildman–Crippen LogP) is 2.56. The van der Waals surface area contributed by atoms with Crippen LogP contribution >= 0.6 is 0 Å². The van der Waals surface area contributed by atoms with Gasteiger partial charge in [-0.15, -0.1) is 0 Å². The lowest BCUT2D eigenvalue weighted by atomic mass is 10.3. The lowest BCUT2D eigenvalue weighted by Gasteiger charge is -1.83. The smallest absolute Gasteiger partial charge is 0.154 e. The summed E-state index contributed by atoms with van der Waals surface area (Å²) >= 11 is 0. The number of hydrogen-bond donors (Lipinski definition) is 1. The number of nitrogens with zero attached hydrogens (tertiary/aromatic N) is 2. The molecule has 0 unspecified atom stereocenters. The summed E-state index contributed by atoms with van der Waals surface area (Å²) in [6.45, 7) is 4.00. The molecule has 64 valence electrons. The summed E-state index contributed by atoms with van der Waals surface area (Å²) in [7, 11) is 0. The van der Waals surface area contributed by atoms with Crippen molar-refractivity contribution in [2.45, 2.75) is 20.3 Å². The Balaban J connectivity index is 0.000000336. The molecule has 0 aliphatic carbocycles. The zero-order valence-corrected chi connectivity index (χ0v) is 7.41. The number of fused-ring (bicyclic) bond motifs is 1. The molecule has 1 aromatic rings. The fraction of sp³-hybridized carbons (Fsp3) is 0.333. The van der Waals surface area contributed by atoms with Crippen LogP contribution in [0.5, 0.6) is 0 Å². The van der Waals surface area contributed by atoms with Gasteiger partial charge in [0.1, 0.15) is 0 Å². The molecule has 0 bridgehead atoms. The Hall–Kier alpha value is -1.38. The average molecular weight is 163 g/mol. The minimum atomic E-state index is 0.855. The van der Waals surface area contributed by atoms with Crippen molar-refractivity contribution < 1.29 is 0 Å². The Kier molecular flexibility index (Phi) is 3.26. The molecule has 2 rings (SSSR count). The van der Waals surface area contributed by atoms with E-state index in [0.717, 1.165) is 17.8 Å². The normalized spacial score (nSPS) is 12.8. The first-order valence-corrected chi connectivity index (χ1v) is 4.19. The highest BCUT2D eigenvalue weighted by molar-refractivity contribution is 5.73. The van der Waals surface area contributed by atoms with Crippen molar-refractivity contribution in [3.63, 3.8) is 0 Å². The molecule has 12 heavy (non-hydrogen) atoms. The van der Waals surface area contributed by atoms with Gasteiger partial charge in [-0.25, -0.2) is 4.99 Å². The highest BCUT2D eigenvalue weighted by Crippen LogP contribution is 2.17. The molecule has 0 amide bonds. The number of nitrogens with one attached hydrogen (secondary N) is 1. The van der Waals surface area contributed by atoms with Crippen LogP contribution in [0.4, 0.5) is 5.82 Å². The van der Waals surface area contributed by atoms with Gasteiger partial charge in [0.25, 0.3) is 0 Å². The van der Waals surface area contributed by atoms with Gasteiger partial charge in [0.15, 0.2) is 5.82 Å². The average Bonchev–Trinajstić information content (AvgIpc) is 2.46. The topological polar surface area (TPSA) is 41.0 Å². The first-order valence-electron chi connectivity index (χ1n) is 4.19. The molecule has 1 aromatic heterocycles. The Morgan fingerprint density at radius 1 is 1.42 bits per heavy atom. The van der Waals surface area contributed by atoms with Crippen LogP contribution in [0.3, 0.4) is 0 Å². The molecule has 1 N–H and O–H groups in total. The van der Waals surface area contributed by atoms with Gasteiger partial charge in [0.2, 0.25) is 0 Å². The fourth-order valence-corrected chi connectivity index (χ4v) is 0.914. The minimum Gasteiger partial charge on any atom is -0.261 e. The van der Waals surface area contributed by atoms with E-state index in [0.29, 0.717) is 0 Å². The van der Waals surface area contributed by atoms with Crippen molar-refractivity contribution in [2.75, 3.05) is 0 Å². The Morgan fingerprint density at radius 2 is 2.25 bits per heavy atom. The van der Waals surface area contributed by atoms with Crippen molar-refractivity contribution in [1.29, 1.82) is 0 Å². The molecule has 1 aliphatic rings. The first kappa shape index (κ1) is 8.71. The van der Waals surface area contributed by atoms with Crippen LogP contribution in [0.25, 0.3) is 6.08 Å². The van der Waals surface area contributed by atoms with E-state index in [1.165, 1.54) is 0 Å². The maximum atomic E-state index is 4.14. The number of aliphatic imine (C=N–C) groups is 1. The van der Waals surface area contributed by atoms with Crippen LogP contribution in [0.1, 0.15) is 25.8 Å². The van der Waals surface area contributed by atoms with Gasteiger partial charge in [-0.05, 0) is 0 Å². The van der Waals surface area contributed by atoms with E-state index in [-0.39, 0.29) is 0 Å². The van der Waals surface area contributed by atoms with Crippen LogP contribution < -0.4 is 0 Å². The van der Waals surface area contributed by atoms with E-state index >= 15 is 0 Å². The summed E-state index contributed by atoms with van der Waals surface area (Å²) in [6.07, 6.45) is 8.62. The van der Waals surface area contributed by atoms with Crippen LogP contribution in [-0.2, 0) is 0 Å². The van der Waals surface area contributed by atoms with Gasteiger partial charge in [0, 0.05) is 18.2 Å². The van der Waals surface area contributed by atoms with E-state index in [4.69, 9.17) is 0 Å². The molecular formula is C9H13N3. The van der Waals surface area contributed by atoms with E-state index in [1.807, 2.05) is 26.1 Å². The largest absolute Gasteiger partial charge is 0.261 e. The van der Waals surface area contributed by atoms with E-state index in [1.54, 1.807) is 6.20 Å². The number of hydrogen-bond acceptors (Lipinski definition) is 2. The summed E-state index contributed by atoms with van der Waals surface area (Å²) in [5, 5.41) is 6.65. The lowest BCUT2D eigenvalue weighted by Crippen LogP contribution is -1.67. The van der Waals surface area contributed by atoms with E-state index < -0.39 is 0 Å². The summed E-state index contributed by atoms with van der Waals surface area (Å²) in [4.78, 5) is 4.14. The maximum absolute atomic E-state index is 4.14. The van der Waals surface area contributed by atoms with Crippen LogP contribution in [0, 0.1) is 0 Å². The molecule has 1 aliphatic heterocycles. The van der Waals surface area contributed by atoms with Crippen molar-refractivity contribution in [3.8, 4) is 0 Å². The molecule has 3 heteroatoms. The molecule has 0 fully saturated rings. The lowest BCUT2D eigenvalue weighted by molar-refractivity contribution is 1.08. The monoisotopic (exact) mass is 163 g/mol. The van der Waals surface area contributed by atoms with Gasteiger partial charge in [-0.3, -0.25) is 5.10 Å². The molecule has 2 heterocycles. The first-order chi connectivity index (χ1) is 5.97. The molecule has 0 saturated carbocycles. The zero-order chi connectivity index (χ0) is 8.81. The molecule has 0 aromatic carbocycles. The third-order valence-corrected chi connectivity index (χ3v) is 1.41. The highest BCUT2D eigenvalue weighted by Gasteiger charge is 1.99. The summed E-state index contributed by atoms with van der Waals surface area (Å²) < 4.78 is 0. The van der Waals surface area contributed by atoms with Gasteiger partial charge in [0.05, 0.1) is 6.20 Å². The van der Waals surface area contributed by atoms with Crippen molar-refractivity contribution in [2.24, 2.45) is 4.99 Å². The fourth-order valence-electron chi connectivity index (χ4n) is 0.914. The second-order valence-corrected chi connectivity index (χ2v) is 2.12. The molecule has 0 spiro atoms. The second-order valence-electron chi connectivity index (χ2n) is 2.12. The number of H-pyrrole nitrogens is 1. The Bertz CT molecular complexity index is 257. The third-order valence-electron chi connectivity index (χ3n) is 1.41. The SMILES string of the molecule is C1=Cc2cn[nH]c2N=CC1.CC. The van der Waals surface area contributed by atoms with Crippen molar-refractivity contribution in [1.82, 2.24) is 10.2 Å². The second kappa shape index (κ2) is 4.49. The standard InChI is InChI=1S/C7H7N3.C2H6/c1-2-4-8-7-6(3-1)5-9-10-7;1-2/h1,3-5H,2H2,(H,9,10);1-2H3. The highest BCUT2D eigenvalue weighted by atomic mass is 15.2. The maximum Gasteiger partial charge on any atom is 0.154 e. The van der Waals surface area contributed by atoms with Gasteiger partial charge in [-0.1, -0.05) is 26.0 Å². The number of aromatic amines is 1. The summed E-state index contributed by atoms with van der Waals surface area (Å²) in [5.41, 5.74) is 1.06. The van der Waals surface area contributed by atoms with Gasteiger partial charge < -0.3 is 0 Å². The molecule has 0 saturated heterocycles. The Morgan fingerprint density at radius 3 is 3.08 bits per heavy atom. The number of rotatable bonds is 0. The zero-order valence-electron chi connectivity index (χ0n) is 7.41. The van der Waals surface area contributed by atoms with Crippen molar-refractivity contribution in [3.05, 3.63) is 17.8 Å². The quantitative estimate of drug-likeness (QED) is 0.627. The van der Waals surface area contributed by atoms with Crippen molar-refractivity contribution >= 4 is 18.1 Å². The molecule has 0 atom stereocenters. The number of aromatic nitrogens is 2. The van der Waals surface area contributed by atoms with Crippen LogP contribution in [0.2, 0.25) is 0 Å². The summed E-state index contributed by atoms with van der Waals surface area (Å²) in [6, 6.07) is 0. The van der Waals surface area contributed by atoms with E-state index in [9.17, 15) is 0 Å². The van der Waals surface area contributed by atoms with Crippen LogP contribution in [0.15, 0.2) is 17.3 Å². The van der Waals surface area contributed by atoms with E-state index in [2.05, 4.69) is 21.3 Å². The molecule has 0 radical (unpaired) electrons. The Labute approximate surface area is 72.2 Å². The predicted molar refractivity (Wildman–Crippen MR) is 51.7 cm³/mol. The van der Waals surface area contributed by atoms with Gasteiger partial charge in [-0.2, -0.15) is 5.10 Å². The molecular weight excluding hydrogens is 150 g/mol. The summed E-state index contributed by atoms with van der Waals surface area (Å²) in [5.74, 6) is 0.855. The molecule has 3 nitrogen and oxygen atoms in total. The van der Waals surface area contributed by atoms with Crippen LogP contribution in [-0.4, -0.2) is 16.4 Å². The third kappa shape index (κ3) is 1.81.